The number of hydrogen-bond donors (Lipinski definition) is 0. The first-order chi connectivity index (χ1) is 8.35. The van der Waals surface area contributed by atoms with Gasteiger partial charge in [-0.25, -0.2) is 0 Å². The Morgan fingerprint density at radius 1 is 1.18 bits per heavy atom. The van der Waals surface area contributed by atoms with Crippen LogP contribution in [0.15, 0.2) is 30.5 Å². The second-order valence-corrected chi connectivity index (χ2v) is 4.46. The Balaban J connectivity index is 2.14. The molecule has 1 heterocycles. The highest BCUT2D eigenvalue weighted by Gasteiger charge is 2.01. The molecular formula is C15H18N2. The van der Waals surface area contributed by atoms with Gasteiger partial charge >= 0.3 is 0 Å². The number of fused-ring (bicyclic) bond motifs is 1. The van der Waals surface area contributed by atoms with Gasteiger partial charge in [0.25, 0.3) is 0 Å². The molecular weight excluding hydrogens is 208 g/mol. The molecule has 0 bridgehead atoms. The Kier molecular flexibility index (Phi) is 3.82. The van der Waals surface area contributed by atoms with Gasteiger partial charge in [-0.1, -0.05) is 32.3 Å². The topological polar surface area (TPSA) is 28.7 Å². The quantitative estimate of drug-likeness (QED) is 0.706. The lowest BCUT2D eigenvalue weighted by molar-refractivity contribution is 0.593. The van der Waals surface area contributed by atoms with Crippen molar-refractivity contribution in [3.8, 4) is 6.07 Å². The second kappa shape index (κ2) is 5.54. The molecule has 1 aromatic heterocycles. The Bertz CT molecular complexity index is 531. The van der Waals surface area contributed by atoms with Crippen LogP contribution in [0, 0.1) is 11.3 Å². The molecule has 0 aliphatic carbocycles. The molecule has 0 aliphatic heterocycles. The lowest BCUT2D eigenvalue weighted by atomic mass is 10.2. The van der Waals surface area contributed by atoms with E-state index < -0.39 is 0 Å². The molecule has 0 radical (unpaired) electrons. The Labute approximate surface area is 102 Å². The maximum atomic E-state index is 8.91. The molecule has 0 aliphatic rings. The highest BCUT2D eigenvalue weighted by molar-refractivity contribution is 5.81. The van der Waals surface area contributed by atoms with Crippen molar-refractivity contribution in [3.05, 3.63) is 36.0 Å². The van der Waals surface area contributed by atoms with Crippen molar-refractivity contribution >= 4 is 10.9 Å². The summed E-state index contributed by atoms with van der Waals surface area (Å²) in [6.07, 6.45) is 7.20. The van der Waals surface area contributed by atoms with Crippen LogP contribution in [0.3, 0.4) is 0 Å². The van der Waals surface area contributed by atoms with E-state index in [0.717, 1.165) is 12.1 Å². The molecule has 0 fully saturated rings. The van der Waals surface area contributed by atoms with Gasteiger partial charge in [-0.05, 0) is 30.0 Å². The number of hydrogen-bond acceptors (Lipinski definition) is 1. The molecule has 0 saturated carbocycles. The predicted octanol–water partition coefficient (Wildman–Crippen LogP) is 4.09. The van der Waals surface area contributed by atoms with Crippen molar-refractivity contribution in [1.29, 1.82) is 5.26 Å². The third-order valence-electron chi connectivity index (χ3n) is 3.16. The zero-order valence-corrected chi connectivity index (χ0v) is 10.3. The summed E-state index contributed by atoms with van der Waals surface area (Å²) < 4.78 is 2.26. The lowest BCUT2D eigenvalue weighted by Gasteiger charge is -2.05. The Morgan fingerprint density at radius 3 is 2.82 bits per heavy atom. The summed E-state index contributed by atoms with van der Waals surface area (Å²) in [4.78, 5) is 0. The number of rotatable bonds is 5. The molecule has 88 valence electrons. The SMILES string of the molecule is CCCCCCn1ccc2ccc(C#N)cc21. The molecule has 0 spiro atoms. The highest BCUT2D eigenvalue weighted by Crippen LogP contribution is 2.18. The number of aryl methyl sites for hydroxylation is 1. The van der Waals surface area contributed by atoms with Crippen molar-refractivity contribution < 1.29 is 0 Å². The van der Waals surface area contributed by atoms with E-state index in [4.69, 9.17) is 5.26 Å². The zero-order valence-electron chi connectivity index (χ0n) is 10.3. The minimum absolute atomic E-state index is 0.742. The monoisotopic (exact) mass is 226 g/mol. The maximum Gasteiger partial charge on any atom is 0.0992 e. The van der Waals surface area contributed by atoms with Crippen LogP contribution < -0.4 is 0 Å². The predicted molar refractivity (Wildman–Crippen MR) is 70.8 cm³/mol. The summed E-state index contributed by atoms with van der Waals surface area (Å²) in [5, 5.41) is 10.1. The van der Waals surface area contributed by atoms with Crippen LogP contribution in [0.25, 0.3) is 10.9 Å². The van der Waals surface area contributed by atoms with Crippen molar-refractivity contribution in [3.63, 3.8) is 0 Å². The van der Waals surface area contributed by atoms with Crippen molar-refractivity contribution in [2.75, 3.05) is 0 Å². The van der Waals surface area contributed by atoms with Crippen LogP contribution in [0.2, 0.25) is 0 Å². The van der Waals surface area contributed by atoms with Gasteiger partial charge in [0.2, 0.25) is 0 Å². The summed E-state index contributed by atoms with van der Waals surface area (Å²) in [5.41, 5.74) is 1.92. The van der Waals surface area contributed by atoms with Crippen LogP contribution >= 0.6 is 0 Å². The first-order valence-corrected chi connectivity index (χ1v) is 6.34. The first-order valence-electron chi connectivity index (χ1n) is 6.34. The number of nitrogens with zero attached hydrogens (tertiary/aromatic N) is 2. The van der Waals surface area contributed by atoms with Gasteiger partial charge in [0.1, 0.15) is 0 Å². The molecule has 2 aromatic rings. The van der Waals surface area contributed by atoms with Crippen LogP contribution in [-0.2, 0) is 6.54 Å². The van der Waals surface area contributed by atoms with E-state index in [0.29, 0.717) is 0 Å². The Morgan fingerprint density at radius 2 is 2.06 bits per heavy atom. The average molecular weight is 226 g/mol. The second-order valence-electron chi connectivity index (χ2n) is 4.46. The molecule has 0 N–H and O–H groups in total. The fraction of sp³-hybridized carbons (Fsp3) is 0.400. The first kappa shape index (κ1) is 11.7. The van der Waals surface area contributed by atoms with Crippen molar-refractivity contribution in [2.24, 2.45) is 0 Å². The molecule has 0 saturated heterocycles. The van der Waals surface area contributed by atoms with Gasteiger partial charge in [-0.3, -0.25) is 0 Å². The van der Waals surface area contributed by atoms with Crippen LogP contribution in [0.5, 0.6) is 0 Å². The molecule has 2 heteroatoms. The third-order valence-corrected chi connectivity index (χ3v) is 3.16. The van der Waals surface area contributed by atoms with Crippen molar-refractivity contribution in [1.82, 2.24) is 4.57 Å². The minimum Gasteiger partial charge on any atom is -0.347 e. The molecule has 17 heavy (non-hydrogen) atoms. The smallest absolute Gasteiger partial charge is 0.0992 e. The third kappa shape index (κ3) is 2.68. The normalized spacial score (nSPS) is 10.6. The number of nitriles is 1. The molecule has 1 aromatic carbocycles. The lowest BCUT2D eigenvalue weighted by Crippen LogP contribution is -1.96. The van der Waals surface area contributed by atoms with Gasteiger partial charge in [0, 0.05) is 18.3 Å². The number of aromatic nitrogens is 1. The summed E-state index contributed by atoms with van der Waals surface area (Å²) in [5.74, 6) is 0. The zero-order chi connectivity index (χ0) is 12.1. The van der Waals surface area contributed by atoms with E-state index >= 15 is 0 Å². The van der Waals surface area contributed by atoms with E-state index in [9.17, 15) is 0 Å². The van der Waals surface area contributed by atoms with Crippen molar-refractivity contribution in [2.45, 2.75) is 39.2 Å². The van der Waals surface area contributed by atoms with Crippen LogP contribution in [0.4, 0.5) is 0 Å². The summed E-state index contributed by atoms with van der Waals surface area (Å²) >= 11 is 0. The van der Waals surface area contributed by atoms with Gasteiger partial charge in [0.15, 0.2) is 0 Å². The Hall–Kier alpha value is -1.75. The van der Waals surface area contributed by atoms with E-state index in [2.05, 4.69) is 29.8 Å². The minimum atomic E-state index is 0.742. The van der Waals surface area contributed by atoms with E-state index in [1.54, 1.807) is 0 Å². The fourth-order valence-electron chi connectivity index (χ4n) is 2.16. The fourth-order valence-corrected chi connectivity index (χ4v) is 2.16. The van der Waals surface area contributed by atoms with Gasteiger partial charge in [-0.2, -0.15) is 5.26 Å². The van der Waals surface area contributed by atoms with Gasteiger partial charge < -0.3 is 4.57 Å². The van der Waals surface area contributed by atoms with Gasteiger partial charge in [-0.15, -0.1) is 0 Å². The number of unbranched alkanes of at least 4 members (excludes halogenated alkanes) is 3. The maximum absolute atomic E-state index is 8.91. The van der Waals surface area contributed by atoms with Gasteiger partial charge in [0.05, 0.1) is 11.6 Å². The summed E-state index contributed by atoms with van der Waals surface area (Å²) in [7, 11) is 0. The average Bonchev–Trinajstić information content (AvgIpc) is 2.77. The molecule has 0 amide bonds. The molecule has 2 rings (SSSR count). The summed E-state index contributed by atoms with van der Waals surface area (Å²) in [6, 6.07) is 10.2. The molecule has 0 unspecified atom stereocenters. The standard InChI is InChI=1S/C15H18N2/c1-2-3-4-5-9-17-10-8-14-7-6-13(12-16)11-15(14)17/h6-8,10-11H,2-5,9H2,1H3. The summed E-state index contributed by atoms with van der Waals surface area (Å²) in [6.45, 7) is 3.28. The number of benzene rings is 1. The largest absolute Gasteiger partial charge is 0.347 e. The highest BCUT2D eigenvalue weighted by atomic mass is 14.9. The van der Waals surface area contributed by atoms with E-state index in [1.807, 2.05) is 18.2 Å². The molecule has 2 nitrogen and oxygen atoms in total. The van der Waals surface area contributed by atoms with Crippen LogP contribution in [-0.4, -0.2) is 4.57 Å². The molecule has 0 atom stereocenters. The van der Waals surface area contributed by atoms with E-state index in [-0.39, 0.29) is 0 Å². The van der Waals surface area contributed by atoms with E-state index in [1.165, 1.54) is 36.6 Å². The van der Waals surface area contributed by atoms with Crippen LogP contribution in [0.1, 0.15) is 38.2 Å².